The molecule has 0 radical (unpaired) electrons. The van der Waals surface area contributed by atoms with Crippen molar-refractivity contribution in [2.75, 3.05) is 98.9 Å². The van der Waals surface area contributed by atoms with Gasteiger partial charge in [-0.25, -0.2) is 17.7 Å². The Morgan fingerprint density at radius 2 is 1.18 bits per heavy atom. The van der Waals surface area contributed by atoms with Crippen LogP contribution in [-0.4, -0.2) is 144 Å². The van der Waals surface area contributed by atoms with Crippen molar-refractivity contribution in [2.24, 2.45) is 23.6 Å². The van der Waals surface area contributed by atoms with E-state index >= 15 is 0 Å². The second-order valence-corrected chi connectivity index (χ2v) is 14.8. The van der Waals surface area contributed by atoms with Gasteiger partial charge in [0.25, 0.3) is 0 Å². The zero-order valence-electron chi connectivity index (χ0n) is 32.2. The minimum Gasteiger partial charge on any atom is -0.377 e. The zero-order chi connectivity index (χ0) is 41.0. The molecular weight excluding hydrogens is 759 g/mol. The van der Waals surface area contributed by atoms with Crippen molar-refractivity contribution >= 4 is 31.2 Å². The monoisotopic (exact) mass is 820 g/mol. The Hall–Kier alpha value is -3.15. The average molecular weight is 821 g/mol. The smallest absolute Gasteiger partial charge is 0.325 e. The Bertz CT molecular complexity index is 1290. The van der Waals surface area contributed by atoms with Crippen molar-refractivity contribution in [3.8, 4) is 0 Å². The van der Waals surface area contributed by atoms with E-state index in [1.165, 1.54) is 4.90 Å². The van der Waals surface area contributed by atoms with Crippen LogP contribution in [0.15, 0.2) is 24.3 Å². The van der Waals surface area contributed by atoms with Crippen molar-refractivity contribution in [3.05, 3.63) is 35.4 Å². The molecule has 56 heavy (non-hydrogen) atoms. The molecule has 1 aliphatic carbocycles. The van der Waals surface area contributed by atoms with Gasteiger partial charge in [0.1, 0.15) is 0 Å². The van der Waals surface area contributed by atoms with Crippen molar-refractivity contribution in [2.45, 2.75) is 50.8 Å². The van der Waals surface area contributed by atoms with Gasteiger partial charge < -0.3 is 59.4 Å². The van der Waals surface area contributed by atoms with Crippen LogP contribution < -0.4 is 39.0 Å². The highest BCUT2D eigenvalue weighted by molar-refractivity contribution is 7.51. The molecule has 1 saturated carbocycles. The van der Waals surface area contributed by atoms with Gasteiger partial charge in [0.2, 0.25) is 23.6 Å². The molecule has 0 spiro atoms. The largest absolute Gasteiger partial charge is 0.377 e. The molecule has 21 nitrogen and oxygen atoms in total. The third-order valence-electron chi connectivity index (χ3n) is 8.46. The fourth-order valence-electron chi connectivity index (χ4n) is 5.72. The first kappa shape index (κ1) is 49.0. The Morgan fingerprint density at radius 1 is 0.714 bits per heavy atom. The van der Waals surface area contributed by atoms with Gasteiger partial charge in [-0.15, -0.1) is 0 Å². The van der Waals surface area contributed by atoms with Gasteiger partial charge in [-0.2, -0.15) is 0 Å². The SMILES string of the molecule is CP(=O)(O)OC1CCC(C(=O)NCc2ccc(C[C@H](C(=O)NCCOCCON)N(CC(=O)NCCOCCON)CC(=O)NCCOCCON)cc2)CC1. The Balaban J connectivity index is 2.13. The summed E-state index contributed by atoms with van der Waals surface area (Å²) in [5, 5.41) is 11.3. The number of carbonyl (C=O) groups excluding carboxylic acids is 4. The van der Waals surface area contributed by atoms with Crippen molar-refractivity contribution in [3.63, 3.8) is 0 Å². The lowest BCUT2D eigenvalue weighted by atomic mass is 9.87. The Labute approximate surface area is 327 Å². The lowest BCUT2D eigenvalue weighted by Crippen LogP contribution is -2.54. The summed E-state index contributed by atoms with van der Waals surface area (Å²) in [7, 11) is -3.59. The molecule has 0 aliphatic heterocycles. The van der Waals surface area contributed by atoms with Crippen molar-refractivity contribution in [1.82, 2.24) is 26.2 Å². The van der Waals surface area contributed by atoms with E-state index in [-0.39, 0.29) is 123 Å². The molecule has 1 aromatic rings. The molecule has 0 heterocycles. The molecule has 1 fully saturated rings. The number of nitrogens with two attached hydrogens (primary N) is 3. The highest BCUT2D eigenvalue weighted by Crippen LogP contribution is 2.42. The number of hydrogen-bond donors (Lipinski definition) is 8. The molecule has 4 amide bonds. The highest BCUT2D eigenvalue weighted by Gasteiger charge is 2.31. The molecule has 1 aromatic carbocycles. The maximum absolute atomic E-state index is 13.8. The zero-order valence-corrected chi connectivity index (χ0v) is 33.1. The van der Waals surface area contributed by atoms with Crippen LogP contribution >= 0.6 is 7.60 Å². The first-order valence-electron chi connectivity index (χ1n) is 18.5. The summed E-state index contributed by atoms with van der Waals surface area (Å²) in [6.45, 7) is 3.18. The highest BCUT2D eigenvalue weighted by atomic mass is 31.2. The molecule has 0 aromatic heterocycles. The first-order chi connectivity index (χ1) is 26.9. The van der Waals surface area contributed by atoms with E-state index in [0.717, 1.165) is 17.8 Å². The summed E-state index contributed by atoms with van der Waals surface area (Å²) < 4.78 is 32.9. The summed E-state index contributed by atoms with van der Waals surface area (Å²) in [6, 6.07) is 6.34. The topological polar surface area (TPSA) is 300 Å². The molecule has 320 valence electrons. The summed E-state index contributed by atoms with van der Waals surface area (Å²) in [5.74, 6) is 13.4. The van der Waals surface area contributed by atoms with E-state index in [4.69, 9.17) is 36.4 Å². The number of amides is 4. The molecule has 0 bridgehead atoms. The third kappa shape index (κ3) is 22.6. The normalized spacial score (nSPS) is 17.2. The molecule has 1 unspecified atom stereocenters. The summed E-state index contributed by atoms with van der Waals surface area (Å²) in [4.78, 5) is 77.3. The molecular formula is C34H61N8O13P. The fraction of sp³-hybridized carbons (Fsp3) is 0.706. The number of rotatable bonds is 31. The van der Waals surface area contributed by atoms with E-state index in [1.54, 1.807) is 0 Å². The van der Waals surface area contributed by atoms with Gasteiger partial charge in [0, 0.05) is 38.8 Å². The second kappa shape index (κ2) is 29.1. The molecule has 0 saturated heterocycles. The Kier molecular flexibility index (Phi) is 25.5. The van der Waals surface area contributed by atoms with Gasteiger partial charge in [-0.05, 0) is 43.2 Å². The number of ether oxygens (including phenoxy) is 3. The maximum atomic E-state index is 13.8. The second-order valence-electron chi connectivity index (χ2n) is 13.0. The van der Waals surface area contributed by atoms with E-state index in [1.807, 2.05) is 24.3 Å². The van der Waals surface area contributed by atoms with Crippen LogP contribution in [0.3, 0.4) is 0 Å². The van der Waals surface area contributed by atoms with E-state index in [9.17, 15) is 28.6 Å². The van der Waals surface area contributed by atoms with Gasteiger partial charge >= 0.3 is 7.60 Å². The lowest BCUT2D eigenvalue weighted by molar-refractivity contribution is -0.132. The minimum absolute atomic E-state index is 0.105. The van der Waals surface area contributed by atoms with Crippen LogP contribution in [0.1, 0.15) is 36.8 Å². The lowest BCUT2D eigenvalue weighted by Gasteiger charge is -2.30. The first-order valence-corrected chi connectivity index (χ1v) is 20.6. The fourth-order valence-corrected chi connectivity index (χ4v) is 6.48. The Morgan fingerprint density at radius 3 is 1.64 bits per heavy atom. The summed E-state index contributed by atoms with van der Waals surface area (Å²) in [5.41, 5.74) is 1.56. The van der Waals surface area contributed by atoms with Gasteiger partial charge in [-0.3, -0.25) is 28.6 Å². The van der Waals surface area contributed by atoms with Crippen LogP contribution in [0.4, 0.5) is 0 Å². The van der Waals surface area contributed by atoms with E-state index in [0.29, 0.717) is 25.7 Å². The van der Waals surface area contributed by atoms with Gasteiger partial charge in [-0.1, -0.05) is 24.3 Å². The number of benzene rings is 1. The molecule has 2 atom stereocenters. The van der Waals surface area contributed by atoms with Gasteiger partial charge in [0.05, 0.1) is 84.7 Å². The van der Waals surface area contributed by atoms with Gasteiger partial charge in [0.15, 0.2) is 0 Å². The number of nitrogens with zero attached hydrogens (tertiary/aromatic N) is 1. The molecule has 22 heteroatoms. The predicted molar refractivity (Wildman–Crippen MR) is 202 cm³/mol. The van der Waals surface area contributed by atoms with Crippen molar-refractivity contribution < 1.29 is 61.9 Å². The van der Waals surface area contributed by atoms with Crippen molar-refractivity contribution in [1.29, 1.82) is 0 Å². The quantitative estimate of drug-likeness (QED) is 0.0228. The van der Waals surface area contributed by atoms with Crippen LogP contribution in [0.5, 0.6) is 0 Å². The predicted octanol–water partition coefficient (Wildman–Crippen LogP) is -2.02. The standard InChI is InChI=1S/C34H61N8O13P/c1-56(47,48)55-29-8-6-28(7-9-29)33(45)41-23-27-4-2-26(3-5-27)22-30(34(46)40-12-15-51-18-21-54-37)42(24-31(43)38-10-13-49-16-19-52-35)25-32(44)39-11-14-50-17-20-53-36/h2-5,28-30H,6-25,35-37H2,1H3,(H,38,43)(H,39,44)(H,40,46)(H,41,45)(H,47,48)/t28?,29?,30-/m1/s1. The molecule has 2 rings (SSSR count). The third-order valence-corrected chi connectivity index (χ3v) is 9.15. The number of hydrogen-bond acceptors (Lipinski definition) is 16. The maximum Gasteiger partial charge on any atom is 0.325 e. The minimum atomic E-state index is -3.59. The van der Waals surface area contributed by atoms with Crippen LogP contribution in [0.25, 0.3) is 0 Å². The summed E-state index contributed by atoms with van der Waals surface area (Å²) >= 11 is 0. The number of carbonyl (C=O) groups is 4. The van der Waals surface area contributed by atoms with Crippen LogP contribution in [0, 0.1) is 5.92 Å². The van der Waals surface area contributed by atoms with Crippen LogP contribution in [-0.2, 0) is 70.0 Å². The van der Waals surface area contributed by atoms with E-state index < -0.39 is 31.4 Å². The average Bonchev–Trinajstić information content (AvgIpc) is 3.16. The van der Waals surface area contributed by atoms with E-state index in [2.05, 4.69) is 35.8 Å². The summed E-state index contributed by atoms with van der Waals surface area (Å²) in [6.07, 6.45) is 1.94. The molecule has 11 N–H and O–H groups in total. The molecule has 1 aliphatic rings. The number of nitrogens with one attached hydrogen (secondary N) is 4. The van der Waals surface area contributed by atoms with Crippen LogP contribution in [0.2, 0.25) is 0 Å².